The standard InChI is InChI=1S/C16H22N2OS/c1-2-6-13(7-3-1)12-17-10-11-20-16-18-14-8-4-5-9-15(14)19-16/h4-5,8-9,13,17H,1-3,6-7,10-12H2. The van der Waals surface area contributed by atoms with Crippen LogP contribution in [-0.4, -0.2) is 23.8 Å². The van der Waals surface area contributed by atoms with Crippen LogP contribution >= 0.6 is 11.8 Å². The van der Waals surface area contributed by atoms with E-state index in [4.69, 9.17) is 4.42 Å². The number of thioether (sulfide) groups is 1. The number of fused-ring (bicyclic) bond motifs is 1. The van der Waals surface area contributed by atoms with Crippen LogP contribution in [0.1, 0.15) is 32.1 Å². The van der Waals surface area contributed by atoms with E-state index >= 15 is 0 Å². The second-order valence-electron chi connectivity index (χ2n) is 5.50. The fourth-order valence-corrected chi connectivity index (χ4v) is 3.55. The Kier molecular flexibility index (Phi) is 4.98. The number of nitrogens with one attached hydrogen (secondary N) is 1. The third kappa shape index (κ3) is 3.76. The predicted molar refractivity (Wildman–Crippen MR) is 84.2 cm³/mol. The van der Waals surface area contributed by atoms with Gasteiger partial charge in [0.25, 0.3) is 5.22 Å². The van der Waals surface area contributed by atoms with Gasteiger partial charge in [-0.3, -0.25) is 0 Å². The molecule has 4 heteroatoms. The van der Waals surface area contributed by atoms with Gasteiger partial charge >= 0.3 is 0 Å². The molecule has 0 aliphatic heterocycles. The molecule has 1 aliphatic carbocycles. The molecule has 0 unspecified atom stereocenters. The van der Waals surface area contributed by atoms with E-state index in [1.807, 2.05) is 24.3 Å². The number of oxazole rings is 1. The Morgan fingerprint density at radius 1 is 1.20 bits per heavy atom. The van der Waals surface area contributed by atoms with E-state index in [1.165, 1.54) is 38.6 Å². The molecule has 1 heterocycles. The summed E-state index contributed by atoms with van der Waals surface area (Å²) < 4.78 is 5.69. The van der Waals surface area contributed by atoms with Gasteiger partial charge in [-0.15, -0.1) is 0 Å². The third-order valence-corrected chi connectivity index (χ3v) is 4.77. The normalized spacial score (nSPS) is 16.8. The van der Waals surface area contributed by atoms with Crippen LogP contribution in [0, 0.1) is 5.92 Å². The molecule has 0 saturated heterocycles. The Morgan fingerprint density at radius 3 is 2.90 bits per heavy atom. The molecule has 2 aromatic rings. The highest BCUT2D eigenvalue weighted by Crippen LogP contribution is 2.24. The Hall–Kier alpha value is -1.00. The molecule has 1 aromatic heterocycles. The monoisotopic (exact) mass is 290 g/mol. The zero-order valence-corrected chi connectivity index (χ0v) is 12.6. The smallest absolute Gasteiger partial charge is 0.256 e. The second kappa shape index (κ2) is 7.14. The van der Waals surface area contributed by atoms with Gasteiger partial charge in [-0.2, -0.15) is 0 Å². The molecular formula is C16H22N2OS. The maximum atomic E-state index is 5.69. The first-order valence-electron chi connectivity index (χ1n) is 7.61. The van der Waals surface area contributed by atoms with Crippen LogP contribution in [-0.2, 0) is 0 Å². The lowest BCUT2D eigenvalue weighted by atomic mass is 9.89. The van der Waals surface area contributed by atoms with Crippen LogP contribution in [0.25, 0.3) is 11.1 Å². The van der Waals surface area contributed by atoms with Crippen molar-refractivity contribution in [3.63, 3.8) is 0 Å². The lowest BCUT2D eigenvalue weighted by Crippen LogP contribution is -2.26. The summed E-state index contributed by atoms with van der Waals surface area (Å²) in [5.41, 5.74) is 1.83. The van der Waals surface area contributed by atoms with Crippen molar-refractivity contribution in [2.45, 2.75) is 37.3 Å². The largest absolute Gasteiger partial charge is 0.431 e. The second-order valence-corrected chi connectivity index (χ2v) is 6.55. The lowest BCUT2D eigenvalue weighted by molar-refractivity contribution is 0.345. The van der Waals surface area contributed by atoms with Gasteiger partial charge < -0.3 is 9.73 Å². The Bertz CT molecular complexity index is 501. The van der Waals surface area contributed by atoms with Gasteiger partial charge in [-0.25, -0.2) is 4.98 Å². The molecular weight excluding hydrogens is 268 g/mol. The van der Waals surface area contributed by atoms with E-state index in [-0.39, 0.29) is 0 Å². The highest BCUT2D eigenvalue weighted by atomic mass is 32.2. The average molecular weight is 290 g/mol. The predicted octanol–water partition coefficient (Wildman–Crippen LogP) is 4.09. The van der Waals surface area contributed by atoms with E-state index in [1.54, 1.807) is 11.8 Å². The van der Waals surface area contributed by atoms with Gasteiger partial charge in [0.05, 0.1) is 0 Å². The molecule has 1 saturated carbocycles. The summed E-state index contributed by atoms with van der Waals surface area (Å²) in [5.74, 6) is 1.91. The van der Waals surface area contributed by atoms with Crippen molar-refractivity contribution in [3.05, 3.63) is 24.3 Å². The van der Waals surface area contributed by atoms with Gasteiger partial charge in [0.2, 0.25) is 0 Å². The van der Waals surface area contributed by atoms with Crippen molar-refractivity contribution in [1.29, 1.82) is 0 Å². The van der Waals surface area contributed by atoms with Crippen LogP contribution in [0.2, 0.25) is 0 Å². The molecule has 20 heavy (non-hydrogen) atoms. The summed E-state index contributed by atoms with van der Waals surface area (Å²) in [6.07, 6.45) is 7.09. The molecule has 1 N–H and O–H groups in total. The number of rotatable bonds is 6. The van der Waals surface area contributed by atoms with Crippen molar-refractivity contribution in [1.82, 2.24) is 10.3 Å². The number of para-hydroxylation sites is 2. The summed E-state index contributed by atoms with van der Waals surface area (Å²) in [6, 6.07) is 7.93. The topological polar surface area (TPSA) is 38.1 Å². The van der Waals surface area contributed by atoms with Gasteiger partial charge in [0, 0.05) is 12.3 Å². The first-order chi connectivity index (χ1) is 9.92. The maximum absolute atomic E-state index is 5.69. The maximum Gasteiger partial charge on any atom is 0.256 e. The Labute approximate surface area is 124 Å². The van der Waals surface area contributed by atoms with Crippen LogP contribution in [0.15, 0.2) is 33.9 Å². The lowest BCUT2D eigenvalue weighted by Gasteiger charge is -2.21. The number of hydrogen-bond donors (Lipinski definition) is 1. The average Bonchev–Trinajstić information content (AvgIpc) is 2.90. The molecule has 3 rings (SSSR count). The number of hydrogen-bond acceptors (Lipinski definition) is 4. The fraction of sp³-hybridized carbons (Fsp3) is 0.562. The minimum Gasteiger partial charge on any atom is -0.431 e. The van der Waals surface area contributed by atoms with Crippen LogP contribution in [0.4, 0.5) is 0 Å². The zero-order chi connectivity index (χ0) is 13.6. The Morgan fingerprint density at radius 2 is 2.05 bits per heavy atom. The van der Waals surface area contributed by atoms with E-state index < -0.39 is 0 Å². The zero-order valence-electron chi connectivity index (χ0n) is 11.8. The summed E-state index contributed by atoms with van der Waals surface area (Å²) in [7, 11) is 0. The highest BCUT2D eigenvalue weighted by Gasteiger charge is 2.12. The molecule has 0 spiro atoms. The minimum atomic E-state index is 0.783. The summed E-state index contributed by atoms with van der Waals surface area (Å²) in [4.78, 5) is 4.47. The van der Waals surface area contributed by atoms with Gasteiger partial charge in [-0.1, -0.05) is 43.2 Å². The SMILES string of the molecule is c1ccc2oc(SCCNCC3CCCCC3)nc2c1. The molecule has 0 atom stereocenters. The van der Waals surface area contributed by atoms with Gasteiger partial charge in [0.1, 0.15) is 5.52 Å². The number of aromatic nitrogens is 1. The molecule has 108 valence electrons. The Balaban J connectivity index is 1.37. The molecule has 0 amide bonds. The molecule has 3 nitrogen and oxygen atoms in total. The van der Waals surface area contributed by atoms with Crippen LogP contribution < -0.4 is 5.32 Å². The van der Waals surface area contributed by atoms with Gasteiger partial charge in [-0.05, 0) is 37.4 Å². The number of nitrogens with zero attached hydrogens (tertiary/aromatic N) is 1. The molecule has 0 bridgehead atoms. The van der Waals surface area contributed by atoms with Crippen molar-refractivity contribution < 1.29 is 4.42 Å². The van der Waals surface area contributed by atoms with E-state index in [9.17, 15) is 0 Å². The van der Waals surface area contributed by atoms with Gasteiger partial charge in [0.15, 0.2) is 5.58 Å². The summed E-state index contributed by atoms with van der Waals surface area (Å²) in [6.45, 7) is 2.20. The molecule has 1 aliphatic rings. The first kappa shape index (κ1) is 14.0. The quantitative estimate of drug-likeness (QED) is 0.642. The van der Waals surface area contributed by atoms with E-state index in [0.717, 1.165) is 34.5 Å². The molecule has 0 radical (unpaired) electrons. The van der Waals surface area contributed by atoms with Crippen LogP contribution in [0.5, 0.6) is 0 Å². The van der Waals surface area contributed by atoms with Crippen molar-refractivity contribution in [2.24, 2.45) is 5.92 Å². The van der Waals surface area contributed by atoms with E-state index in [0.29, 0.717) is 0 Å². The number of benzene rings is 1. The highest BCUT2D eigenvalue weighted by molar-refractivity contribution is 7.99. The first-order valence-corrected chi connectivity index (χ1v) is 8.59. The van der Waals surface area contributed by atoms with Crippen molar-refractivity contribution in [2.75, 3.05) is 18.8 Å². The molecule has 1 fully saturated rings. The van der Waals surface area contributed by atoms with E-state index in [2.05, 4.69) is 10.3 Å². The minimum absolute atomic E-state index is 0.783. The summed E-state index contributed by atoms with van der Waals surface area (Å²) in [5, 5.41) is 4.35. The van der Waals surface area contributed by atoms with Crippen LogP contribution in [0.3, 0.4) is 0 Å². The fourth-order valence-electron chi connectivity index (χ4n) is 2.82. The van der Waals surface area contributed by atoms with Crippen molar-refractivity contribution >= 4 is 22.9 Å². The third-order valence-electron chi connectivity index (χ3n) is 3.94. The van der Waals surface area contributed by atoms with Crippen molar-refractivity contribution in [3.8, 4) is 0 Å². The summed E-state index contributed by atoms with van der Waals surface area (Å²) >= 11 is 1.69. The molecule has 1 aromatic carbocycles.